The maximum atomic E-state index is 12.4. The van der Waals surface area contributed by atoms with Crippen molar-refractivity contribution in [1.82, 2.24) is 4.90 Å². The van der Waals surface area contributed by atoms with Crippen LogP contribution in [0.15, 0.2) is 36.4 Å². The molecule has 126 valence electrons. The van der Waals surface area contributed by atoms with Gasteiger partial charge in [0.05, 0.1) is 17.2 Å². The molecule has 5 nitrogen and oxygen atoms in total. The highest BCUT2D eigenvalue weighted by atomic mass is 35.5. The van der Waals surface area contributed by atoms with Gasteiger partial charge >= 0.3 is 0 Å². The minimum Gasteiger partial charge on any atom is -0.494 e. The van der Waals surface area contributed by atoms with E-state index in [1.54, 1.807) is 38.4 Å². The number of rotatable bonds is 4. The fourth-order valence-corrected chi connectivity index (χ4v) is 2.72. The highest BCUT2D eigenvalue weighted by molar-refractivity contribution is 6.37. The average Bonchev–Trinajstić information content (AvgIpc) is 2.53. The molecule has 0 heterocycles. The predicted molar refractivity (Wildman–Crippen MR) is 95.4 cm³/mol. The van der Waals surface area contributed by atoms with E-state index in [4.69, 9.17) is 27.9 Å². The fraction of sp³-hybridized carbons (Fsp3) is 0.176. The maximum absolute atomic E-state index is 12.4. The van der Waals surface area contributed by atoms with Gasteiger partial charge < -0.3 is 15.0 Å². The molecule has 0 saturated carbocycles. The monoisotopic (exact) mass is 366 g/mol. The van der Waals surface area contributed by atoms with Crippen molar-refractivity contribution in [2.24, 2.45) is 0 Å². The summed E-state index contributed by atoms with van der Waals surface area (Å²) in [5, 5.41) is 3.20. The van der Waals surface area contributed by atoms with Crippen molar-refractivity contribution in [3.8, 4) is 5.75 Å². The summed E-state index contributed by atoms with van der Waals surface area (Å²) in [6.45, 7) is 0. The van der Waals surface area contributed by atoms with Crippen LogP contribution in [0.25, 0.3) is 0 Å². The Kier molecular flexibility index (Phi) is 5.70. The van der Waals surface area contributed by atoms with Gasteiger partial charge in [0.2, 0.25) is 0 Å². The van der Waals surface area contributed by atoms with Gasteiger partial charge in [0, 0.05) is 30.9 Å². The molecule has 0 unspecified atom stereocenters. The summed E-state index contributed by atoms with van der Waals surface area (Å²) in [5.74, 6) is -0.231. The highest BCUT2D eigenvalue weighted by Gasteiger charge is 2.14. The molecular formula is C17H16Cl2N2O3. The molecule has 24 heavy (non-hydrogen) atoms. The molecule has 2 rings (SSSR count). The van der Waals surface area contributed by atoms with E-state index in [2.05, 4.69) is 5.32 Å². The third kappa shape index (κ3) is 3.99. The number of hydrogen-bond acceptors (Lipinski definition) is 3. The Morgan fingerprint density at radius 3 is 2.21 bits per heavy atom. The molecule has 0 saturated heterocycles. The summed E-state index contributed by atoms with van der Waals surface area (Å²) < 4.78 is 5.06. The lowest BCUT2D eigenvalue weighted by Gasteiger charge is -2.12. The second-order valence-corrected chi connectivity index (χ2v) is 6.02. The summed E-state index contributed by atoms with van der Waals surface area (Å²) in [7, 11) is 4.77. The summed E-state index contributed by atoms with van der Waals surface area (Å²) in [4.78, 5) is 25.8. The van der Waals surface area contributed by atoms with Crippen molar-refractivity contribution in [2.45, 2.75) is 0 Å². The second kappa shape index (κ2) is 7.55. The summed E-state index contributed by atoms with van der Waals surface area (Å²) >= 11 is 12.1. The third-order valence-electron chi connectivity index (χ3n) is 3.24. The molecule has 2 aromatic carbocycles. The standard InChI is InChI=1S/C17H16Cl2N2O3/c1-21(2)17(23)10-5-4-6-12(7-10)20-16(22)11-8-13(18)15(24-3)14(19)9-11/h4-9H,1-3H3,(H,20,22). The molecule has 2 aromatic rings. The van der Waals surface area contributed by atoms with Gasteiger partial charge in [-0.3, -0.25) is 9.59 Å². The van der Waals surface area contributed by atoms with Crippen LogP contribution >= 0.6 is 23.2 Å². The second-order valence-electron chi connectivity index (χ2n) is 5.21. The van der Waals surface area contributed by atoms with Gasteiger partial charge in [-0.15, -0.1) is 0 Å². The van der Waals surface area contributed by atoms with Crippen LogP contribution in [-0.2, 0) is 0 Å². The van der Waals surface area contributed by atoms with Crippen LogP contribution in [0, 0.1) is 0 Å². The van der Waals surface area contributed by atoms with Crippen molar-refractivity contribution in [3.05, 3.63) is 57.6 Å². The predicted octanol–water partition coefficient (Wildman–Crippen LogP) is 3.96. The Balaban J connectivity index is 2.24. The molecule has 2 amide bonds. The van der Waals surface area contributed by atoms with E-state index in [0.29, 0.717) is 17.0 Å². The number of carbonyl (C=O) groups excluding carboxylic acids is 2. The normalized spacial score (nSPS) is 10.2. The minimum atomic E-state index is -0.393. The van der Waals surface area contributed by atoms with Crippen LogP contribution < -0.4 is 10.1 Å². The first kappa shape index (κ1) is 18.1. The molecule has 1 N–H and O–H groups in total. The van der Waals surface area contributed by atoms with E-state index in [-0.39, 0.29) is 21.5 Å². The third-order valence-corrected chi connectivity index (χ3v) is 3.80. The van der Waals surface area contributed by atoms with Crippen molar-refractivity contribution in [3.63, 3.8) is 0 Å². The fourth-order valence-electron chi connectivity index (χ4n) is 2.08. The Morgan fingerprint density at radius 1 is 1.04 bits per heavy atom. The minimum absolute atomic E-state index is 0.151. The molecule has 0 aromatic heterocycles. The number of benzene rings is 2. The van der Waals surface area contributed by atoms with Gasteiger partial charge in [-0.25, -0.2) is 0 Å². The Bertz CT molecular complexity index is 768. The number of nitrogens with zero attached hydrogens (tertiary/aromatic N) is 1. The number of halogens is 2. The van der Waals surface area contributed by atoms with Crippen molar-refractivity contribution < 1.29 is 14.3 Å². The molecule has 7 heteroatoms. The molecule has 0 atom stereocenters. The van der Waals surface area contributed by atoms with Gasteiger partial charge in [0.15, 0.2) is 5.75 Å². The van der Waals surface area contributed by atoms with Crippen LogP contribution in [0.4, 0.5) is 5.69 Å². The average molecular weight is 367 g/mol. The van der Waals surface area contributed by atoms with E-state index in [9.17, 15) is 9.59 Å². The SMILES string of the molecule is COc1c(Cl)cc(C(=O)Nc2cccc(C(=O)N(C)C)c2)cc1Cl. The van der Waals surface area contributed by atoms with Crippen LogP contribution in [0.2, 0.25) is 10.0 Å². The Labute approximate surface area is 150 Å². The van der Waals surface area contributed by atoms with Crippen molar-refractivity contribution in [1.29, 1.82) is 0 Å². The number of nitrogens with one attached hydrogen (secondary N) is 1. The van der Waals surface area contributed by atoms with Crippen LogP contribution in [0.3, 0.4) is 0 Å². The molecule has 0 bridgehead atoms. The first-order valence-electron chi connectivity index (χ1n) is 6.99. The summed E-state index contributed by atoms with van der Waals surface area (Å²) in [6, 6.07) is 9.61. The lowest BCUT2D eigenvalue weighted by Crippen LogP contribution is -2.22. The quantitative estimate of drug-likeness (QED) is 0.890. The first-order chi connectivity index (χ1) is 11.3. The van der Waals surface area contributed by atoms with Gasteiger partial charge in [-0.1, -0.05) is 29.3 Å². The van der Waals surface area contributed by atoms with Gasteiger partial charge in [0.25, 0.3) is 11.8 Å². The number of ether oxygens (including phenoxy) is 1. The largest absolute Gasteiger partial charge is 0.494 e. The van der Waals surface area contributed by atoms with E-state index in [1.807, 2.05) is 0 Å². The van der Waals surface area contributed by atoms with E-state index in [1.165, 1.54) is 24.1 Å². The van der Waals surface area contributed by atoms with Crippen LogP contribution in [-0.4, -0.2) is 37.9 Å². The van der Waals surface area contributed by atoms with Gasteiger partial charge in [-0.2, -0.15) is 0 Å². The lowest BCUT2D eigenvalue weighted by atomic mass is 10.1. The van der Waals surface area contributed by atoms with Crippen LogP contribution in [0.5, 0.6) is 5.75 Å². The molecule has 0 spiro atoms. The zero-order valence-corrected chi connectivity index (χ0v) is 14.9. The summed E-state index contributed by atoms with van der Waals surface area (Å²) in [5.41, 5.74) is 1.26. The molecule has 0 radical (unpaired) electrons. The van der Waals surface area contributed by atoms with E-state index in [0.717, 1.165) is 0 Å². The summed E-state index contributed by atoms with van der Waals surface area (Å²) in [6.07, 6.45) is 0. The molecular weight excluding hydrogens is 351 g/mol. The zero-order valence-electron chi connectivity index (χ0n) is 13.4. The van der Waals surface area contributed by atoms with E-state index < -0.39 is 5.91 Å². The smallest absolute Gasteiger partial charge is 0.255 e. The number of methoxy groups -OCH3 is 1. The lowest BCUT2D eigenvalue weighted by molar-refractivity contribution is 0.0827. The first-order valence-corrected chi connectivity index (χ1v) is 7.75. The van der Waals surface area contributed by atoms with Gasteiger partial charge in [0.1, 0.15) is 0 Å². The number of hydrogen-bond donors (Lipinski definition) is 1. The number of amides is 2. The van der Waals surface area contributed by atoms with Crippen LogP contribution in [0.1, 0.15) is 20.7 Å². The molecule has 0 fully saturated rings. The molecule has 0 aliphatic heterocycles. The number of carbonyl (C=O) groups is 2. The van der Waals surface area contributed by atoms with Crippen molar-refractivity contribution in [2.75, 3.05) is 26.5 Å². The molecule has 0 aliphatic carbocycles. The Morgan fingerprint density at radius 2 is 1.67 bits per heavy atom. The zero-order chi connectivity index (χ0) is 17.9. The maximum Gasteiger partial charge on any atom is 0.255 e. The van der Waals surface area contributed by atoms with Crippen molar-refractivity contribution >= 4 is 40.7 Å². The number of anilines is 1. The Hall–Kier alpha value is -2.24. The van der Waals surface area contributed by atoms with E-state index >= 15 is 0 Å². The van der Waals surface area contributed by atoms with Gasteiger partial charge in [-0.05, 0) is 30.3 Å². The highest BCUT2D eigenvalue weighted by Crippen LogP contribution is 2.34. The molecule has 0 aliphatic rings. The topological polar surface area (TPSA) is 58.6 Å².